The van der Waals surface area contributed by atoms with Crippen LogP contribution in [0.3, 0.4) is 0 Å². The topological polar surface area (TPSA) is 46.9 Å². The lowest BCUT2D eigenvalue weighted by Crippen LogP contribution is -2.40. The maximum absolute atomic E-state index is 12.1. The molecule has 0 amide bonds. The number of hydrogen-bond donors (Lipinski definition) is 1. The fraction of sp³-hybridized carbons (Fsp3) is 0.667. The zero-order valence-corrected chi connectivity index (χ0v) is 9.78. The number of nitrogens with zero attached hydrogens (tertiary/aromatic N) is 2. The molecule has 0 spiro atoms. The van der Waals surface area contributed by atoms with E-state index in [9.17, 15) is 4.79 Å². The molecule has 1 aromatic rings. The molecule has 4 nitrogen and oxygen atoms in total. The lowest BCUT2D eigenvalue weighted by atomic mass is 9.98. The van der Waals surface area contributed by atoms with Gasteiger partial charge < -0.3 is 5.32 Å². The Morgan fingerprint density at radius 3 is 3.19 bits per heavy atom. The van der Waals surface area contributed by atoms with Crippen LogP contribution in [0.4, 0.5) is 0 Å². The van der Waals surface area contributed by atoms with Gasteiger partial charge in [0.05, 0.1) is 17.8 Å². The highest BCUT2D eigenvalue weighted by molar-refractivity contribution is 5.99. The molecule has 1 aliphatic heterocycles. The number of carbonyl (C=O) groups excluding carboxylic acids is 1. The molecule has 1 N–H and O–H groups in total. The van der Waals surface area contributed by atoms with E-state index in [0.29, 0.717) is 0 Å². The molecule has 2 rings (SSSR count). The van der Waals surface area contributed by atoms with Gasteiger partial charge in [-0.25, -0.2) is 0 Å². The zero-order chi connectivity index (χ0) is 11.4. The van der Waals surface area contributed by atoms with Crippen LogP contribution in [0.1, 0.15) is 43.0 Å². The Morgan fingerprint density at radius 2 is 2.50 bits per heavy atom. The van der Waals surface area contributed by atoms with Gasteiger partial charge in [-0.1, -0.05) is 13.3 Å². The second-order valence-corrected chi connectivity index (χ2v) is 4.36. The van der Waals surface area contributed by atoms with E-state index < -0.39 is 0 Å². The van der Waals surface area contributed by atoms with Gasteiger partial charge in [0.15, 0.2) is 5.78 Å². The minimum Gasteiger partial charge on any atom is -0.307 e. The van der Waals surface area contributed by atoms with Gasteiger partial charge in [0.1, 0.15) is 0 Å². The number of carbonyl (C=O) groups is 1. The summed E-state index contributed by atoms with van der Waals surface area (Å²) in [4.78, 5) is 12.1. The number of hydrogen-bond acceptors (Lipinski definition) is 3. The first-order chi connectivity index (χ1) is 7.81. The molecular formula is C12H19N3O. The Bertz CT molecular complexity index is 353. The van der Waals surface area contributed by atoms with Crippen LogP contribution >= 0.6 is 0 Å². The van der Waals surface area contributed by atoms with Crippen LogP contribution in [-0.4, -0.2) is 28.2 Å². The Hall–Kier alpha value is -1.16. The van der Waals surface area contributed by atoms with E-state index in [1.807, 2.05) is 10.9 Å². The van der Waals surface area contributed by atoms with Crippen molar-refractivity contribution in [1.82, 2.24) is 15.1 Å². The maximum atomic E-state index is 12.1. The number of nitrogens with one attached hydrogen (secondary N) is 1. The molecule has 2 heterocycles. The summed E-state index contributed by atoms with van der Waals surface area (Å²) < 4.78 is 1.84. The Balaban J connectivity index is 2.01. The molecule has 0 radical (unpaired) electrons. The average molecular weight is 221 g/mol. The third-order valence-electron chi connectivity index (χ3n) is 3.00. The molecule has 1 unspecified atom stereocenters. The highest BCUT2D eigenvalue weighted by Crippen LogP contribution is 2.12. The minimum atomic E-state index is 0.00743. The summed E-state index contributed by atoms with van der Waals surface area (Å²) in [6.45, 7) is 3.94. The first kappa shape index (κ1) is 11.3. The molecule has 4 heteroatoms. The number of Topliss-reactive ketones (excluding diaryl/α,β-unsaturated/α-hetero) is 1. The van der Waals surface area contributed by atoms with Gasteiger partial charge in [-0.05, 0) is 25.8 Å². The minimum absolute atomic E-state index is 0.00743. The largest absolute Gasteiger partial charge is 0.307 e. The molecule has 1 fully saturated rings. The van der Waals surface area contributed by atoms with Crippen LogP contribution in [0.15, 0.2) is 12.4 Å². The van der Waals surface area contributed by atoms with E-state index in [4.69, 9.17) is 0 Å². The number of rotatable bonds is 4. The molecule has 0 aliphatic carbocycles. The Labute approximate surface area is 96.0 Å². The smallest absolute Gasteiger partial charge is 0.182 e. The molecule has 1 aliphatic rings. The molecule has 88 valence electrons. The Kier molecular flexibility index (Phi) is 3.72. The summed E-state index contributed by atoms with van der Waals surface area (Å²) in [6.07, 6.45) is 7.87. The van der Waals surface area contributed by atoms with Crippen molar-refractivity contribution in [2.24, 2.45) is 0 Å². The highest BCUT2D eigenvalue weighted by atomic mass is 16.1. The highest BCUT2D eigenvalue weighted by Gasteiger charge is 2.22. The van der Waals surface area contributed by atoms with Gasteiger partial charge >= 0.3 is 0 Å². The molecule has 16 heavy (non-hydrogen) atoms. The van der Waals surface area contributed by atoms with Crippen LogP contribution < -0.4 is 5.32 Å². The summed E-state index contributed by atoms with van der Waals surface area (Å²) in [5.74, 6) is 0.196. The lowest BCUT2D eigenvalue weighted by molar-refractivity contribution is 0.0927. The van der Waals surface area contributed by atoms with Gasteiger partial charge in [-0.2, -0.15) is 5.10 Å². The van der Waals surface area contributed by atoms with Crippen molar-refractivity contribution in [2.45, 2.75) is 45.2 Å². The van der Waals surface area contributed by atoms with Crippen molar-refractivity contribution < 1.29 is 4.79 Å². The summed E-state index contributed by atoms with van der Waals surface area (Å²) in [7, 11) is 0. The Morgan fingerprint density at radius 1 is 1.62 bits per heavy atom. The van der Waals surface area contributed by atoms with Crippen molar-refractivity contribution in [2.75, 3.05) is 6.54 Å². The van der Waals surface area contributed by atoms with Gasteiger partial charge in [0.25, 0.3) is 0 Å². The van der Waals surface area contributed by atoms with E-state index in [-0.39, 0.29) is 11.8 Å². The fourth-order valence-electron chi connectivity index (χ4n) is 2.12. The van der Waals surface area contributed by atoms with Crippen molar-refractivity contribution in [1.29, 1.82) is 0 Å². The molecule has 0 bridgehead atoms. The molecular weight excluding hydrogens is 202 g/mol. The van der Waals surface area contributed by atoms with Gasteiger partial charge in [0.2, 0.25) is 0 Å². The van der Waals surface area contributed by atoms with E-state index in [1.54, 1.807) is 6.20 Å². The zero-order valence-electron chi connectivity index (χ0n) is 9.78. The quantitative estimate of drug-likeness (QED) is 0.786. The molecule has 0 saturated carbocycles. The third-order valence-corrected chi connectivity index (χ3v) is 3.00. The predicted molar refractivity (Wildman–Crippen MR) is 62.5 cm³/mol. The number of aryl methyl sites for hydroxylation is 1. The summed E-state index contributed by atoms with van der Waals surface area (Å²) in [5, 5.41) is 7.46. The second kappa shape index (κ2) is 5.25. The van der Waals surface area contributed by atoms with Crippen molar-refractivity contribution in [3.63, 3.8) is 0 Å². The van der Waals surface area contributed by atoms with E-state index in [2.05, 4.69) is 17.3 Å². The summed E-state index contributed by atoms with van der Waals surface area (Å²) >= 11 is 0. The predicted octanol–water partition coefficient (Wildman–Crippen LogP) is 1.62. The second-order valence-electron chi connectivity index (χ2n) is 4.36. The van der Waals surface area contributed by atoms with Crippen LogP contribution in [0.25, 0.3) is 0 Å². The normalized spacial score (nSPS) is 20.9. The molecule has 1 aromatic heterocycles. The monoisotopic (exact) mass is 221 g/mol. The van der Waals surface area contributed by atoms with Gasteiger partial charge in [0, 0.05) is 12.7 Å². The standard InChI is InChI=1S/C12H19N3O/c1-2-7-15-9-10(8-14-15)12(16)11-5-3-4-6-13-11/h8-9,11,13H,2-7H2,1H3. The molecule has 0 aromatic carbocycles. The number of piperidine rings is 1. The van der Waals surface area contributed by atoms with Crippen molar-refractivity contribution in [3.8, 4) is 0 Å². The van der Waals surface area contributed by atoms with Crippen LogP contribution in [0.5, 0.6) is 0 Å². The van der Waals surface area contributed by atoms with E-state index in [0.717, 1.165) is 37.9 Å². The molecule has 1 saturated heterocycles. The van der Waals surface area contributed by atoms with E-state index in [1.165, 1.54) is 6.42 Å². The number of aromatic nitrogens is 2. The van der Waals surface area contributed by atoms with Crippen LogP contribution in [0.2, 0.25) is 0 Å². The SMILES string of the molecule is CCCn1cc(C(=O)C2CCCCN2)cn1. The average Bonchev–Trinajstić information content (AvgIpc) is 2.78. The van der Waals surface area contributed by atoms with E-state index >= 15 is 0 Å². The lowest BCUT2D eigenvalue weighted by Gasteiger charge is -2.21. The van der Waals surface area contributed by atoms with Gasteiger partial charge in [-0.3, -0.25) is 9.48 Å². The van der Waals surface area contributed by atoms with Gasteiger partial charge in [-0.15, -0.1) is 0 Å². The first-order valence-corrected chi connectivity index (χ1v) is 6.11. The summed E-state index contributed by atoms with van der Waals surface area (Å²) in [6, 6.07) is 0.00743. The van der Waals surface area contributed by atoms with Crippen molar-refractivity contribution in [3.05, 3.63) is 18.0 Å². The van der Waals surface area contributed by atoms with Crippen LogP contribution in [-0.2, 0) is 6.54 Å². The number of ketones is 1. The third kappa shape index (κ3) is 2.50. The fourth-order valence-corrected chi connectivity index (χ4v) is 2.12. The van der Waals surface area contributed by atoms with Crippen LogP contribution in [0, 0.1) is 0 Å². The van der Waals surface area contributed by atoms with Crippen molar-refractivity contribution >= 4 is 5.78 Å². The summed E-state index contributed by atoms with van der Waals surface area (Å²) in [5.41, 5.74) is 0.743. The first-order valence-electron chi connectivity index (χ1n) is 6.11. The molecule has 1 atom stereocenters. The maximum Gasteiger partial charge on any atom is 0.182 e.